The van der Waals surface area contributed by atoms with E-state index in [-0.39, 0.29) is 29.7 Å². The predicted molar refractivity (Wildman–Crippen MR) is 113 cm³/mol. The zero-order valence-corrected chi connectivity index (χ0v) is 18.6. The maximum absolute atomic E-state index is 12.1. The molecule has 142 valence electrons. The number of ether oxygens (including phenoxy) is 1. The summed E-state index contributed by atoms with van der Waals surface area (Å²) in [5.41, 5.74) is 0. The molecule has 25 heavy (non-hydrogen) atoms. The molecule has 1 N–H and O–H groups in total. The molecule has 2 rings (SSSR count). The van der Waals surface area contributed by atoms with Crippen molar-refractivity contribution in [1.29, 1.82) is 0 Å². The van der Waals surface area contributed by atoms with E-state index in [0.29, 0.717) is 43.0 Å². The minimum absolute atomic E-state index is 0. The Labute approximate surface area is 171 Å². The van der Waals surface area contributed by atoms with Crippen LogP contribution in [0.4, 0.5) is 0 Å². The van der Waals surface area contributed by atoms with Crippen LogP contribution in [-0.4, -0.2) is 63.1 Å². The van der Waals surface area contributed by atoms with Gasteiger partial charge in [-0.3, -0.25) is 4.99 Å². The second kappa shape index (κ2) is 9.27. The molecule has 1 aliphatic heterocycles. The first kappa shape index (κ1) is 22.3. The molecule has 0 spiro atoms. The van der Waals surface area contributed by atoms with E-state index < -0.39 is 14.6 Å². The highest BCUT2D eigenvalue weighted by atomic mass is 127. The molecule has 0 radical (unpaired) electrons. The number of benzene rings is 1. The molecule has 0 saturated carbocycles. The molecule has 1 saturated heterocycles. The quantitative estimate of drug-likeness (QED) is 0.297. The predicted octanol–water partition coefficient (Wildman–Crippen LogP) is 2.42. The Morgan fingerprint density at radius 3 is 2.76 bits per heavy atom. The van der Waals surface area contributed by atoms with Crippen molar-refractivity contribution in [3.8, 4) is 5.75 Å². The number of nitrogens with zero attached hydrogens (tertiary/aromatic N) is 2. The van der Waals surface area contributed by atoms with Crippen molar-refractivity contribution in [2.75, 3.05) is 39.0 Å². The molecule has 0 bridgehead atoms. The van der Waals surface area contributed by atoms with Crippen molar-refractivity contribution in [2.24, 2.45) is 4.99 Å². The second-order valence-corrected chi connectivity index (χ2v) is 9.46. The molecule has 1 aromatic carbocycles. The van der Waals surface area contributed by atoms with Crippen molar-refractivity contribution < 1.29 is 13.2 Å². The van der Waals surface area contributed by atoms with Gasteiger partial charge in [-0.25, -0.2) is 8.42 Å². The Morgan fingerprint density at radius 2 is 2.16 bits per heavy atom. The van der Waals surface area contributed by atoms with Gasteiger partial charge < -0.3 is 15.0 Å². The molecular weight excluding hydrogens is 477 g/mol. The summed E-state index contributed by atoms with van der Waals surface area (Å²) in [5.74, 6) is 1.54. The highest BCUT2D eigenvalue weighted by Gasteiger charge is 2.40. The van der Waals surface area contributed by atoms with Gasteiger partial charge in [-0.1, -0.05) is 17.7 Å². The lowest BCUT2D eigenvalue weighted by molar-refractivity contribution is 0.313. The average molecular weight is 502 g/mol. The van der Waals surface area contributed by atoms with Crippen LogP contribution >= 0.6 is 35.6 Å². The normalized spacial score (nSPS) is 19.0. The maximum atomic E-state index is 12.1. The van der Waals surface area contributed by atoms with E-state index in [1.807, 2.05) is 17.0 Å². The van der Waals surface area contributed by atoms with Gasteiger partial charge >= 0.3 is 0 Å². The van der Waals surface area contributed by atoms with Gasteiger partial charge in [-0.05, 0) is 32.0 Å². The van der Waals surface area contributed by atoms with Crippen molar-refractivity contribution in [3.05, 3.63) is 29.3 Å². The third-order valence-corrected chi connectivity index (χ3v) is 6.77. The van der Waals surface area contributed by atoms with Gasteiger partial charge in [0, 0.05) is 25.2 Å². The number of sulfone groups is 1. The van der Waals surface area contributed by atoms with Gasteiger partial charge in [0.1, 0.15) is 12.4 Å². The molecule has 1 fully saturated rings. The third kappa shape index (κ3) is 5.89. The highest BCUT2D eigenvalue weighted by Crippen LogP contribution is 2.23. The van der Waals surface area contributed by atoms with Gasteiger partial charge in [0.15, 0.2) is 15.8 Å². The van der Waals surface area contributed by atoms with Crippen molar-refractivity contribution in [1.82, 2.24) is 10.2 Å². The second-order valence-electron chi connectivity index (χ2n) is 6.28. The number of aliphatic imine (C=N–C) groups is 1. The molecule has 0 amide bonds. The van der Waals surface area contributed by atoms with Crippen LogP contribution in [0.5, 0.6) is 5.75 Å². The Hall–Kier alpha value is -0.740. The van der Waals surface area contributed by atoms with Gasteiger partial charge in [0.2, 0.25) is 0 Å². The summed E-state index contributed by atoms with van der Waals surface area (Å²) < 4.78 is 29.0. The fraction of sp³-hybridized carbons (Fsp3) is 0.562. The van der Waals surface area contributed by atoms with E-state index in [0.717, 1.165) is 0 Å². The highest BCUT2D eigenvalue weighted by molar-refractivity contribution is 14.0. The van der Waals surface area contributed by atoms with Crippen LogP contribution in [-0.2, 0) is 9.84 Å². The van der Waals surface area contributed by atoms with E-state index in [1.165, 1.54) is 0 Å². The van der Waals surface area contributed by atoms with Gasteiger partial charge in [0.05, 0.1) is 17.0 Å². The minimum Gasteiger partial charge on any atom is -0.492 e. The first-order valence-corrected chi connectivity index (χ1v) is 9.84. The van der Waals surface area contributed by atoms with E-state index in [4.69, 9.17) is 16.3 Å². The molecule has 6 nitrogen and oxygen atoms in total. The third-order valence-electron chi connectivity index (χ3n) is 4.00. The van der Waals surface area contributed by atoms with Crippen LogP contribution in [0.3, 0.4) is 0 Å². The first-order valence-electron chi connectivity index (χ1n) is 7.81. The van der Waals surface area contributed by atoms with E-state index in [2.05, 4.69) is 10.3 Å². The molecule has 0 unspecified atom stereocenters. The van der Waals surface area contributed by atoms with Crippen LogP contribution in [0.15, 0.2) is 29.3 Å². The SMILES string of the molecule is CN=C(NCCOc1cccc(Cl)c1)N1CCS(=O)(=O)C(C)(C)C1.I. The zero-order valence-electron chi connectivity index (χ0n) is 14.7. The number of guanidine groups is 1. The average Bonchev–Trinajstić information content (AvgIpc) is 2.50. The molecule has 0 aliphatic carbocycles. The molecule has 1 aromatic rings. The lowest BCUT2D eigenvalue weighted by Gasteiger charge is -2.39. The molecule has 0 aromatic heterocycles. The molecule has 9 heteroatoms. The van der Waals surface area contributed by atoms with Crippen LogP contribution < -0.4 is 10.1 Å². The van der Waals surface area contributed by atoms with E-state index in [9.17, 15) is 8.42 Å². The Kier molecular flexibility index (Phi) is 8.27. The standard InChI is InChI=1S/C16H24ClN3O3S.HI/c1-16(2)12-20(8-10-24(16,21)22)15(18-3)19-7-9-23-14-6-4-5-13(17)11-14;/h4-6,11H,7-10,12H2,1-3H3,(H,18,19);1H. The summed E-state index contributed by atoms with van der Waals surface area (Å²) in [5, 5.41) is 3.84. The van der Waals surface area contributed by atoms with Crippen LogP contribution in [0.1, 0.15) is 13.8 Å². The Morgan fingerprint density at radius 1 is 1.44 bits per heavy atom. The van der Waals surface area contributed by atoms with Crippen molar-refractivity contribution in [3.63, 3.8) is 0 Å². The number of halogens is 2. The number of nitrogens with one attached hydrogen (secondary N) is 1. The minimum atomic E-state index is -3.06. The lowest BCUT2D eigenvalue weighted by Crippen LogP contribution is -2.57. The van der Waals surface area contributed by atoms with Crippen molar-refractivity contribution >= 4 is 51.4 Å². The summed E-state index contributed by atoms with van der Waals surface area (Å²) in [4.78, 5) is 6.22. The monoisotopic (exact) mass is 501 g/mol. The summed E-state index contributed by atoms with van der Waals surface area (Å²) in [6.07, 6.45) is 0. The number of hydrogen-bond acceptors (Lipinski definition) is 4. The number of rotatable bonds is 4. The lowest BCUT2D eigenvalue weighted by atomic mass is 10.2. The van der Waals surface area contributed by atoms with Gasteiger partial charge in [-0.15, -0.1) is 24.0 Å². The van der Waals surface area contributed by atoms with E-state index in [1.54, 1.807) is 33.0 Å². The fourth-order valence-corrected chi connectivity index (χ4v) is 4.09. The van der Waals surface area contributed by atoms with Gasteiger partial charge in [-0.2, -0.15) is 0 Å². The molecular formula is C16H25ClIN3O3S. The zero-order chi connectivity index (χ0) is 17.8. The summed E-state index contributed by atoms with van der Waals surface area (Å²) >= 11 is 5.91. The maximum Gasteiger partial charge on any atom is 0.193 e. The smallest absolute Gasteiger partial charge is 0.193 e. The molecule has 1 heterocycles. The summed E-state index contributed by atoms with van der Waals surface area (Å²) in [6, 6.07) is 7.23. The Bertz CT molecular complexity index is 710. The molecule has 1 aliphatic rings. The fourth-order valence-electron chi connectivity index (χ4n) is 2.55. The largest absolute Gasteiger partial charge is 0.492 e. The number of hydrogen-bond donors (Lipinski definition) is 1. The summed E-state index contributed by atoms with van der Waals surface area (Å²) in [6.45, 7) is 5.39. The van der Waals surface area contributed by atoms with E-state index >= 15 is 0 Å². The van der Waals surface area contributed by atoms with Gasteiger partial charge in [0.25, 0.3) is 0 Å². The molecule has 0 atom stereocenters. The van der Waals surface area contributed by atoms with Crippen molar-refractivity contribution in [2.45, 2.75) is 18.6 Å². The van der Waals surface area contributed by atoms with Crippen LogP contribution in [0, 0.1) is 0 Å². The summed E-state index contributed by atoms with van der Waals surface area (Å²) in [7, 11) is -1.37. The van der Waals surface area contributed by atoms with Crippen LogP contribution in [0.25, 0.3) is 0 Å². The topological polar surface area (TPSA) is 71.0 Å². The first-order chi connectivity index (χ1) is 11.2. The Balaban J connectivity index is 0.00000312. The van der Waals surface area contributed by atoms with Crippen LogP contribution in [0.2, 0.25) is 5.02 Å².